The number of nitrogens with one attached hydrogen (secondary N) is 2. The predicted octanol–water partition coefficient (Wildman–Crippen LogP) is 2.00. The molecule has 0 unspecified atom stereocenters. The molecular weight excluding hydrogens is 268 g/mol. The van der Waals surface area contributed by atoms with Crippen LogP contribution in [0.5, 0.6) is 0 Å². The molecule has 0 atom stereocenters. The van der Waals surface area contributed by atoms with E-state index in [9.17, 15) is 4.79 Å². The molecule has 6 heteroatoms. The number of rotatable bonds is 7. The van der Waals surface area contributed by atoms with Gasteiger partial charge >= 0.3 is 0 Å². The largest absolute Gasteiger partial charge is 0.361 e. The number of H-pyrrole nitrogens is 1. The van der Waals surface area contributed by atoms with Gasteiger partial charge in [-0.1, -0.05) is 5.16 Å². The smallest absolute Gasteiger partial charge is 0.220 e. The van der Waals surface area contributed by atoms with Gasteiger partial charge in [-0.05, 0) is 45.6 Å². The van der Waals surface area contributed by atoms with Crippen LogP contribution in [0.2, 0.25) is 0 Å². The predicted molar refractivity (Wildman–Crippen MR) is 79.0 cm³/mol. The van der Waals surface area contributed by atoms with Crippen LogP contribution in [0.3, 0.4) is 0 Å². The topological polar surface area (TPSA) is 83.8 Å². The van der Waals surface area contributed by atoms with E-state index in [1.54, 1.807) is 0 Å². The fraction of sp³-hybridized carbons (Fsp3) is 0.533. The maximum atomic E-state index is 11.8. The molecular formula is C15H22N4O2. The highest BCUT2D eigenvalue weighted by Crippen LogP contribution is 2.14. The lowest BCUT2D eigenvalue weighted by Gasteiger charge is -2.05. The van der Waals surface area contributed by atoms with Gasteiger partial charge in [-0.3, -0.25) is 9.89 Å². The fourth-order valence-corrected chi connectivity index (χ4v) is 2.32. The molecule has 0 bridgehead atoms. The van der Waals surface area contributed by atoms with Crippen molar-refractivity contribution in [2.24, 2.45) is 0 Å². The van der Waals surface area contributed by atoms with Crippen LogP contribution in [-0.2, 0) is 17.6 Å². The van der Waals surface area contributed by atoms with E-state index in [4.69, 9.17) is 4.52 Å². The van der Waals surface area contributed by atoms with Crippen LogP contribution in [0.1, 0.15) is 41.1 Å². The lowest BCUT2D eigenvalue weighted by Crippen LogP contribution is -2.25. The highest BCUT2D eigenvalue weighted by Gasteiger charge is 2.10. The molecule has 0 saturated carbocycles. The highest BCUT2D eigenvalue weighted by atomic mass is 16.5. The van der Waals surface area contributed by atoms with Crippen LogP contribution in [-0.4, -0.2) is 27.8 Å². The summed E-state index contributed by atoms with van der Waals surface area (Å²) >= 11 is 0. The first-order valence-electron chi connectivity index (χ1n) is 7.25. The van der Waals surface area contributed by atoms with Crippen molar-refractivity contribution >= 4 is 5.91 Å². The Morgan fingerprint density at radius 1 is 1.33 bits per heavy atom. The first-order chi connectivity index (χ1) is 10.1. The number of aromatic nitrogens is 3. The molecule has 0 spiro atoms. The molecule has 2 N–H and O–H groups in total. The van der Waals surface area contributed by atoms with Crippen LogP contribution >= 0.6 is 0 Å². The van der Waals surface area contributed by atoms with E-state index in [0.29, 0.717) is 19.4 Å². The first-order valence-corrected chi connectivity index (χ1v) is 7.25. The van der Waals surface area contributed by atoms with Gasteiger partial charge in [0.2, 0.25) is 5.91 Å². The van der Waals surface area contributed by atoms with E-state index in [1.165, 1.54) is 5.56 Å². The van der Waals surface area contributed by atoms with Crippen LogP contribution in [0.25, 0.3) is 0 Å². The average Bonchev–Trinajstić information content (AvgIpc) is 3.00. The second kappa shape index (κ2) is 7.06. The third kappa shape index (κ3) is 4.18. The van der Waals surface area contributed by atoms with Crippen molar-refractivity contribution in [2.75, 3.05) is 6.54 Å². The molecule has 0 radical (unpaired) electrons. The van der Waals surface area contributed by atoms with Crippen molar-refractivity contribution in [3.63, 3.8) is 0 Å². The van der Waals surface area contributed by atoms with Crippen LogP contribution in [0.15, 0.2) is 10.7 Å². The van der Waals surface area contributed by atoms with E-state index in [0.717, 1.165) is 35.6 Å². The Labute approximate surface area is 124 Å². The molecule has 6 nitrogen and oxygen atoms in total. The zero-order valence-corrected chi connectivity index (χ0v) is 12.8. The van der Waals surface area contributed by atoms with E-state index in [1.807, 2.05) is 27.0 Å². The molecule has 0 aromatic carbocycles. The molecule has 2 aromatic rings. The van der Waals surface area contributed by atoms with Crippen molar-refractivity contribution in [3.8, 4) is 0 Å². The zero-order chi connectivity index (χ0) is 15.2. The van der Waals surface area contributed by atoms with Crippen LogP contribution in [0.4, 0.5) is 0 Å². The molecule has 0 aliphatic carbocycles. The molecule has 2 aromatic heterocycles. The van der Waals surface area contributed by atoms with Crippen molar-refractivity contribution in [3.05, 3.63) is 34.5 Å². The van der Waals surface area contributed by atoms with Gasteiger partial charge in [-0.15, -0.1) is 0 Å². The van der Waals surface area contributed by atoms with Gasteiger partial charge < -0.3 is 9.84 Å². The Hall–Kier alpha value is -2.11. The standard InChI is InChI=1S/C15H22N4O2/c1-10-13(9-17-18-10)5-4-8-16-15(20)7-6-14-11(2)19-21-12(14)3/h9H,4-8H2,1-3H3,(H,16,20)(H,17,18). The molecule has 114 valence electrons. The van der Waals surface area contributed by atoms with E-state index < -0.39 is 0 Å². The summed E-state index contributed by atoms with van der Waals surface area (Å²) in [6.45, 7) is 6.47. The minimum atomic E-state index is 0.0684. The number of hydrogen-bond donors (Lipinski definition) is 2. The summed E-state index contributed by atoms with van der Waals surface area (Å²) in [5.41, 5.74) is 4.22. The minimum Gasteiger partial charge on any atom is -0.361 e. The summed E-state index contributed by atoms with van der Waals surface area (Å²) in [5.74, 6) is 0.870. The number of hydrogen-bond acceptors (Lipinski definition) is 4. The maximum absolute atomic E-state index is 11.8. The van der Waals surface area contributed by atoms with Gasteiger partial charge in [-0.2, -0.15) is 5.10 Å². The first kappa shape index (κ1) is 15.3. The van der Waals surface area contributed by atoms with Crippen molar-refractivity contribution < 1.29 is 9.32 Å². The van der Waals surface area contributed by atoms with Gasteiger partial charge in [0.1, 0.15) is 5.76 Å². The van der Waals surface area contributed by atoms with Gasteiger partial charge in [0.15, 0.2) is 0 Å². The van der Waals surface area contributed by atoms with E-state index in [-0.39, 0.29) is 5.91 Å². The number of amides is 1. The monoisotopic (exact) mass is 290 g/mol. The van der Waals surface area contributed by atoms with Gasteiger partial charge in [0, 0.05) is 24.2 Å². The Balaban J connectivity index is 1.65. The van der Waals surface area contributed by atoms with E-state index >= 15 is 0 Å². The molecule has 0 fully saturated rings. The third-order valence-corrected chi connectivity index (χ3v) is 3.66. The van der Waals surface area contributed by atoms with Crippen molar-refractivity contribution in [1.82, 2.24) is 20.7 Å². The molecule has 21 heavy (non-hydrogen) atoms. The molecule has 0 aliphatic rings. The Bertz CT molecular complexity index is 581. The highest BCUT2D eigenvalue weighted by molar-refractivity contribution is 5.76. The molecule has 0 aliphatic heterocycles. The Morgan fingerprint density at radius 3 is 2.76 bits per heavy atom. The number of carbonyl (C=O) groups excluding carboxylic acids is 1. The summed E-state index contributed by atoms with van der Waals surface area (Å²) in [7, 11) is 0. The second-order valence-electron chi connectivity index (χ2n) is 5.28. The Kier molecular flexibility index (Phi) is 5.14. The van der Waals surface area contributed by atoms with Gasteiger partial charge in [0.05, 0.1) is 11.9 Å². The lowest BCUT2D eigenvalue weighted by atomic mass is 10.1. The summed E-state index contributed by atoms with van der Waals surface area (Å²) < 4.78 is 5.09. The van der Waals surface area contributed by atoms with Crippen molar-refractivity contribution in [2.45, 2.75) is 46.5 Å². The van der Waals surface area contributed by atoms with E-state index in [2.05, 4.69) is 20.7 Å². The normalized spacial score (nSPS) is 10.8. The second-order valence-corrected chi connectivity index (χ2v) is 5.28. The molecule has 2 rings (SSSR count). The average molecular weight is 290 g/mol. The molecule has 2 heterocycles. The minimum absolute atomic E-state index is 0.0684. The maximum Gasteiger partial charge on any atom is 0.220 e. The number of nitrogens with zero attached hydrogens (tertiary/aromatic N) is 2. The summed E-state index contributed by atoms with van der Waals surface area (Å²) in [6.07, 6.45) is 4.82. The summed E-state index contributed by atoms with van der Waals surface area (Å²) in [6, 6.07) is 0. The van der Waals surface area contributed by atoms with Gasteiger partial charge in [0.25, 0.3) is 0 Å². The summed E-state index contributed by atoms with van der Waals surface area (Å²) in [5, 5.41) is 13.7. The van der Waals surface area contributed by atoms with Gasteiger partial charge in [-0.25, -0.2) is 0 Å². The lowest BCUT2D eigenvalue weighted by molar-refractivity contribution is -0.121. The fourth-order valence-electron chi connectivity index (χ4n) is 2.32. The zero-order valence-electron chi connectivity index (χ0n) is 12.8. The number of carbonyl (C=O) groups is 1. The van der Waals surface area contributed by atoms with Crippen LogP contribution < -0.4 is 5.32 Å². The van der Waals surface area contributed by atoms with Crippen molar-refractivity contribution in [1.29, 1.82) is 0 Å². The molecule has 1 amide bonds. The summed E-state index contributed by atoms with van der Waals surface area (Å²) in [4.78, 5) is 11.8. The molecule has 0 saturated heterocycles. The SMILES string of the molecule is Cc1noc(C)c1CCC(=O)NCCCc1cn[nH]c1C. The number of aryl methyl sites for hydroxylation is 4. The Morgan fingerprint density at radius 2 is 2.14 bits per heavy atom. The quantitative estimate of drug-likeness (QED) is 0.764. The van der Waals surface area contributed by atoms with Crippen LogP contribution in [0, 0.1) is 20.8 Å². The third-order valence-electron chi connectivity index (χ3n) is 3.66. The number of aromatic amines is 1.